The maximum Gasteiger partial charge on any atom is 0.0758 e. The molecule has 1 heterocycles. The first-order valence-corrected chi connectivity index (χ1v) is 6.96. The first-order valence-electron chi connectivity index (χ1n) is 6.17. The Bertz CT molecular complexity index is 549. The summed E-state index contributed by atoms with van der Waals surface area (Å²) in [6.45, 7) is 3.90. The molecule has 0 aliphatic rings. The maximum atomic E-state index is 4.47. The van der Waals surface area contributed by atoms with Crippen LogP contribution in [0.5, 0.6) is 0 Å². The second-order valence-electron chi connectivity index (χ2n) is 4.14. The molecule has 3 heteroatoms. The fourth-order valence-corrected chi connectivity index (χ4v) is 2.37. The van der Waals surface area contributed by atoms with E-state index in [1.165, 1.54) is 10.9 Å². The average molecular weight is 305 g/mol. The van der Waals surface area contributed by atoms with Crippen LogP contribution >= 0.6 is 15.9 Å². The van der Waals surface area contributed by atoms with E-state index in [1.807, 2.05) is 19.2 Å². The van der Waals surface area contributed by atoms with Crippen LogP contribution in [0, 0.1) is 0 Å². The molecule has 2 rings (SSSR count). The lowest BCUT2D eigenvalue weighted by molar-refractivity contribution is 0.697. The molecule has 0 radical (unpaired) electrons. The van der Waals surface area contributed by atoms with Crippen molar-refractivity contribution in [3.63, 3.8) is 0 Å². The van der Waals surface area contributed by atoms with Crippen LogP contribution in [0.2, 0.25) is 0 Å². The summed E-state index contributed by atoms with van der Waals surface area (Å²) in [5.41, 5.74) is 2.32. The van der Waals surface area contributed by atoms with Gasteiger partial charge in [-0.15, -0.1) is 0 Å². The number of rotatable bonds is 5. The van der Waals surface area contributed by atoms with Crippen LogP contribution in [0.4, 0.5) is 0 Å². The molecule has 1 N–H and O–H groups in total. The molecule has 0 fully saturated rings. The van der Waals surface area contributed by atoms with Crippen molar-refractivity contribution < 1.29 is 0 Å². The Morgan fingerprint density at radius 2 is 2.22 bits per heavy atom. The first kappa shape index (κ1) is 13.2. The van der Waals surface area contributed by atoms with Gasteiger partial charge in [-0.3, -0.25) is 4.98 Å². The summed E-state index contributed by atoms with van der Waals surface area (Å²) in [5.74, 6) is 0. The zero-order valence-corrected chi connectivity index (χ0v) is 12.1. The zero-order valence-electron chi connectivity index (χ0n) is 10.5. The minimum absolute atomic E-state index is 0.859. The number of nitrogens with one attached hydrogen (secondary N) is 1. The molecular weight excluding hydrogens is 288 g/mol. The number of hydrogen-bond donors (Lipinski definition) is 1. The number of hydrogen-bond acceptors (Lipinski definition) is 2. The third-order valence-corrected chi connectivity index (χ3v) is 3.53. The van der Waals surface area contributed by atoms with E-state index in [-0.39, 0.29) is 0 Å². The minimum Gasteiger partial charge on any atom is -0.312 e. The van der Waals surface area contributed by atoms with Gasteiger partial charge in [0.25, 0.3) is 0 Å². The molecule has 0 spiro atoms. The first-order chi connectivity index (χ1) is 8.83. The molecule has 1 aromatic heterocycles. The molecule has 0 amide bonds. The van der Waals surface area contributed by atoms with Gasteiger partial charge in [0.15, 0.2) is 0 Å². The number of halogens is 1. The summed E-state index contributed by atoms with van der Waals surface area (Å²) >= 11 is 3.56. The van der Waals surface area contributed by atoms with Gasteiger partial charge in [0.2, 0.25) is 0 Å². The average Bonchev–Trinajstić information content (AvgIpc) is 2.41. The van der Waals surface area contributed by atoms with Gasteiger partial charge in [-0.1, -0.05) is 40.2 Å². The predicted octanol–water partition coefficient (Wildman–Crippen LogP) is 4.05. The highest BCUT2D eigenvalue weighted by Crippen LogP contribution is 2.24. The number of nitrogens with zero attached hydrogens (tertiary/aromatic N) is 1. The third-order valence-electron chi connectivity index (χ3n) is 2.84. The van der Waals surface area contributed by atoms with Crippen molar-refractivity contribution in [2.75, 3.05) is 6.54 Å². The van der Waals surface area contributed by atoms with Crippen molar-refractivity contribution in [3.8, 4) is 0 Å². The summed E-state index contributed by atoms with van der Waals surface area (Å²) in [6.07, 6.45) is 7.17. The Kier molecular flexibility index (Phi) is 4.90. The summed E-state index contributed by atoms with van der Waals surface area (Å²) in [7, 11) is 0. The van der Waals surface area contributed by atoms with Crippen molar-refractivity contribution in [1.82, 2.24) is 10.3 Å². The highest BCUT2D eigenvalue weighted by molar-refractivity contribution is 9.10. The number of benzene rings is 1. The van der Waals surface area contributed by atoms with Gasteiger partial charge in [-0.25, -0.2) is 0 Å². The second kappa shape index (κ2) is 6.66. The van der Waals surface area contributed by atoms with Crippen molar-refractivity contribution in [1.29, 1.82) is 0 Å². The molecule has 0 unspecified atom stereocenters. The van der Waals surface area contributed by atoms with E-state index in [4.69, 9.17) is 0 Å². The van der Waals surface area contributed by atoms with E-state index in [0.29, 0.717) is 0 Å². The topological polar surface area (TPSA) is 24.9 Å². The molecule has 0 bridgehead atoms. The largest absolute Gasteiger partial charge is 0.312 e. The van der Waals surface area contributed by atoms with Crippen LogP contribution in [-0.4, -0.2) is 11.5 Å². The molecule has 0 saturated heterocycles. The lowest BCUT2D eigenvalue weighted by atomic mass is 10.1. The molecule has 0 saturated carbocycles. The van der Waals surface area contributed by atoms with E-state index in [9.17, 15) is 0 Å². The SMILES string of the molecule is C/C=C/CCNCc1ccc(Br)c2cccnc12. The molecule has 0 aliphatic heterocycles. The van der Waals surface area contributed by atoms with Crippen LogP contribution in [0.15, 0.2) is 47.1 Å². The van der Waals surface area contributed by atoms with Crippen LogP contribution in [0.25, 0.3) is 10.9 Å². The Balaban J connectivity index is 2.11. The van der Waals surface area contributed by atoms with Crippen LogP contribution < -0.4 is 5.32 Å². The Labute approximate surface area is 116 Å². The van der Waals surface area contributed by atoms with Gasteiger partial charge in [-0.2, -0.15) is 0 Å². The van der Waals surface area contributed by atoms with Gasteiger partial charge >= 0.3 is 0 Å². The Morgan fingerprint density at radius 3 is 3.06 bits per heavy atom. The molecule has 1 aromatic carbocycles. The monoisotopic (exact) mass is 304 g/mol. The molecule has 94 valence electrons. The summed E-state index contributed by atoms with van der Waals surface area (Å²) in [6, 6.07) is 8.28. The van der Waals surface area contributed by atoms with E-state index in [2.05, 4.69) is 56.6 Å². The third kappa shape index (κ3) is 3.18. The van der Waals surface area contributed by atoms with Crippen molar-refractivity contribution in [3.05, 3.63) is 52.7 Å². The zero-order chi connectivity index (χ0) is 12.8. The Morgan fingerprint density at radius 1 is 1.33 bits per heavy atom. The van der Waals surface area contributed by atoms with E-state index in [1.54, 1.807) is 0 Å². The molecule has 0 atom stereocenters. The fourth-order valence-electron chi connectivity index (χ4n) is 1.91. The Hall–Kier alpha value is -1.19. The summed E-state index contributed by atoms with van der Waals surface area (Å²) in [4.78, 5) is 4.47. The number of fused-ring (bicyclic) bond motifs is 1. The lowest BCUT2D eigenvalue weighted by Crippen LogP contribution is -2.14. The van der Waals surface area contributed by atoms with Crippen molar-refractivity contribution >= 4 is 26.8 Å². The van der Waals surface area contributed by atoms with Gasteiger partial charge in [0, 0.05) is 22.6 Å². The standard InChI is InChI=1S/C15H17BrN2/c1-2-3-4-9-17-11-12-7-8-14(16)13-6-5-10-18-15(12)13/h2-3,5-8,10,17H,4,9,11H2,1H3/b3-2+. The van der Waals surface area contributed by atoms with E-state index >= 15 is 0 Å². The molecule has 0 aliphatic carbocycles. The van der Waals surface area contributed by atoms with Crippen molar-refractivity contribution in [2.45, 2.75) is 19.9 Å². The van der Waals surface area contributed by atoms with Gasteiger partial charge in [-0.05, 0) is 37.6 Å². The summed E-state index contributed by atoms with van der Waals surface area (Å²) < 4.78 is 1.10. The van der Waals surface area contributed by atoms with Crippen LogP contribution in [0.1, 0.15) is 18.9 Å². The second-order valence-corrected chi connectivity index (χ2v) is 4.99. The minimum atomic E-state index is 0.859. The van der Waals surface area contributed by atoms with Crippen LogP contribution in [-0.2, 0) is 6.54 Å². The smallest absolute Gasteiger partial charge is 0.0758 e. The van der Waals surface area contributed by atoms with Gasteiger partial charge in [0.1, 0.15) is 0 Å². The van der Waals surface area contributed by atoms with E-state index in [0.717, 1.165) is 29.5 Å². The molecule has 18 heavy (non-hydrogen) atoms. The fraction of sp³-hybridized carbons (Fsp3) is 0.267. The predicted molar refractivity (Wildman–Crippen MR) is 80.6 cm³/mol. The van der Waals surface area contributed by atoms with Gasteiger partial charge in [0.05, 0.1) is 5.52 Å². The quantitative estimate of drug-likeness (QED) is 0.666. The molecular formula is C15H17BrN2. The highest BCUT2D eigenvalue weighted by atomic mass is 79.9. The number of allylic oxidation sites excluding steroid dienone is 1. The summed E-state index contributed by atoms with van der Waals surface area (Å²) in [5, 5.41) is 4.61. The maximum absolute atomic E-state index is 4.47. The van der Waals surface area contributed by atoms with Crippen LogP contribution in [0.3, 0.4) is 0 Å². The molecule has 2 nitrogen and oxygen atoms in total. The van der Waals surface area contributed by atoms with Gasteiger partial charge < -0.3 is 5.32 Å². The lowest BCUT2D eigenvalue weighted by Gasteiger charge is -2.08. The van der Waals surface area contributed by atoms with E-state index < -0.39 is 0 Å². The molecule has 2 aromatic rings. The normalized spacial score (nSPS) is 11.4. The number of pyridine rings is 1. The highest BCUT2D eigenvalue weighted by Gasteiger charge is 2.04. The number of aromatic nitrogens is 1. The van der Waals surface area contributed by atoms with Crippen molar-refractivity contribution in [2.24, 2.45) is 0 Å².